The third-order valence-corrected chi connectivity index (χ3v) is 4.14. The van der Waals surface area contributed by atoms with Gasteiger partial charge in [-0.3, -0.25) is 14.8 Å². The van der Waals surface area contributed by atoms with Gasteiger partial charge in [-0.05, 0) is 41.5 Å². The van der Waals surface area contributed by atoms with Crippen molar-refractivity contribution < 1.29 is 9.21 Å². The lowest BCUT2D eigenvalue weighted by Gasteiger charge is -2.21. The van der Waals surface area contributed by atoms with Crippen LogP contribution in [0, 0.1) is 0 Å². The molecule has 0 atom stereocenters. The minimum absolute atomic E-state index is 0.151. The van der Waals surface area contributed by atoms with Gasteiger partial charge >= 0.3 is 0 Å². The molecule has 26 heavy (non-hydrogen) atoms. The van der Waals surface area contributed by atoms with Crippen molar-refractivity contribution in [3.63, 3.8) is 0 Å². The van der Waals surface area contributed by atoms with Crippen molar-refractivity contribution in [3.05, 3.63) is 96.3 Å². The van der Waals surface area contributed by atoms with Crippen LogP contribution in [0.15, 0.2) is 83.8 Å². The highest BCUT2D eigenvalue weighted by Crippen LogP contribution is 2.21. The van der Waals surface area contributed by atoms with E-state index in [0.29, 0.717) is 24.4 Å². The molecule has 0 spiro atoms. The SMILES string of the molecule is O=C(c1cc2ccccc2o1)N(Cc1ccncc1)Cc1cccnc1. The highest BCUT2D eigenvalue weighted by Gasteiger charge is 2.20. The molecule has 0 N–H and O–H groups in total. The molecule has 0 unspecified atom stereocenters. The number of carbonyl (C=O) groups excluding carboxylic acids is 1. The summed E-state index contributed by atoms with van der Waals surface area (Å²) in [6.45, 7) is 0.916. The molecule has 4 aromatic rings. The van der Waals surface area contributed by atoms with Crippen molar-refractivity contribution in [1.82, 2.24) is 14.9 Å². The summed E-state index contributed by atoms with van der Waals surface area (Å²) < 4.78 is 5.77. The van der Waals surface area contributed by atoms with Gasteiger partial charge < -0.3 is 9.32 Å². The normalized spacial score (nSPS) is 10.8. The van der Waals surface area contributed by atoms with E-state index in [-0.39, 0.29) is 5.91 Å². The first kappa shape index (κ1) is 16.0. The lowest BCUT2D eigenvalue weighted by atomic mass is 10.2. The Hall–Kier alpha value is -3.47. The minimum atomic E-state index is -0.151. The topological polar surface area (TPSA) is 59.2 Å². The maximum atomic E-state index is 13.1. The molecule has 3 aromatic heterocycles. The van der Waals surface area contributed by atoms with Gasteiger partial charge in [0.25, 0.3) is 5.91 Å². The number of carbonyl (C=O) groups is 1. The predicted molar refractivity (Wildman–Crippen MR) is 98.3 cm³/mol. The quantitative estimate of drug-likeness (QED) is 0.548. The van der Waals surface area contributed by atoms with Crippen LogP contribution in [0.5, 0.6) is 0 Å². The van der Waals surface area contributed by atoms with E-state index < -0.39 is 0 Å². The zero-order valence-corrected chi connectivity index (χ0v) is 14.1. The largest absolute Gasteiger partial charge is 0.451 e. The summed E-state index contributed by atoms with van der Waals surface area (Å²) in [4.78, 5) is 23.1. The van der Waals surface area contributed by atoms with Gasteiger partial charge in [-0.15, -0.1) is 0 Å². The first-order valence-corrected chi connectivity index (χ1v) is 8.35. The number of para-hydroxylation sites is 1. The second-order valence-corrected chi connectivity index (χ2v) is 6.03. The predicted octanol–water partition coefficient (Wildman–Crippen LogP) is 4.07. The van der Waals surface area contributed by atoms with Crippen molar-refractivity contribution in [2.75, 3.05) is 0 Å². The average molecular weight is 343 g/mol. The molecule has 0 saturated carbocycles. The summed E-state index contributed by atoms with van der Waals surface area (Å²) in [6.07, 6.45) is 6.94. The van der Waals surface area contributed by atoms with Gasteiger partial charge in [0, 0.05) is 43.3 Å². The van der Waals surface area contributed by atoms with Crippen molar-refractivity contribution in [2.45, 2.75) is 13.1 Å². The summed E-state index contributed by atoms with van der Waals surface area (Å²) in [5.74, 6) is 0.186. The molecule has 4 rings (SSSR count). The number of hydrogen-bond donors (Lipinski definition) is 0. The Labute approximate surface area is 150 Å². The number of pyridine rings is 2. The van der Waals surface area contributed by atoms with Gasteiger partial charge in [0.2, 0.25) is 0 Å². The summed E-state index contributed by atoms with van der Waals surface area (Å²) >= 11 is 0. The zero-order chi connectivity index (χ0) is 17.8. The van der Waals surface area contributed by atoms with Crippen LogP contribution in [0.25, 0.3) is 11.0 Å². The van der Waals surface area contributed by atoms with Gasteiger partial charge in [0.05, 0.1) is 0 Å². The first-order chi connectivity index (χ1) is 12.8. The molecular formula is C21H17N3O2. The number of aromatic nitrogens is 2. The minimum Gasteiger partial charge on any atom is -0.451 e. The fraction of sp³-hybridized carbons (Fsp3) is 0.0952. The molecule has 128 valence electrons. The summed E-state index contributed by atoms with van der Waals surface area (Å²) in [7, 11) is 0. The van der Waals surface area contributed by atoms with Crippen molar-refractivity contribution in [2.24, 2.45) is 0 Å². The first-order valence-electron chi connectivity index (χ1n) is 8.35. The van der Waals surface area contributed by atoms with Crippen LogP contribution in [0.2, 0.25) is 0 Å². The summed E-state index contributed by atoms with van der Waals surface area (Å²) in [6, 6.07) is 17.0. The average Bonchev–Trinajstić information content (AvgIpc) is 3.13. The molecule has 0 aliphatic rings. The van der Waals surface area contributed by atoms with Gasteiger partial charge in [0.1, 0.15) is 5.58 Å². The second kappa shape index (κ2) is 7.19. The second-order valence-electron chi connectivity index (χ2n) is 6.03. The molecule has 0 saturated heterocycles. The number of nitrogens with zero attached hydrogens (tertiary/aromatic N) is 3. The zero-order valence-electron chi connectivity index (χ0n) is 14.1. The third-order valence-electron chi connectivity index (χ3n) is 4.14. The van der Waals surface area contributed by atoms with E-state index in [1.807, 2.05) is 48.5 Å². The molecule has 0 bridgehead atoms. The van der Waals surface area contributed by atoms with Crippen LogP contribution in [0.1, 0.15) is 21.7 Å². The number of benzene rings is 1. The molecule has 5 heteroatoms. The number of amides is 1. The summed E-state index contributed by atoms with van der Waals surface area (Å²) in [5.41, 5.74) is 2.68. The van der Waals surface area contributed by atoms with Crippen LogP contribution in [-0.4, -0.2) is 20.8 Å². The maximum absolute atomic E-state index is 13.1. The van der Waals surface area contributed by atoms with E-state index in [0.717, 1.165) is 16.5 Å². The monoisotopic (exact) mass is 343 g/mol. The van der Waals surface area contributed by atoms with Crippen LogP contribution in [0.3, 0.4) is 0 Å². The van der Waals surface area contributed by atoms with E-state index in [9.17, 15) is 4.79 Å². The Kier molecular flexibility index (Phi) is 4.43. The van der Waals surface area contributed by atoms with E-state index in [1.54, 1.807) is 35.8 Å². The smallest absolute Gasteiger partial charge is 0.290 e. The lowest BCUT2D eigenvalue weighted by molar-refractivity contribution is 0.0700. The van der Waals surface area contributed by atoms with Crippen LogP contribution < -0.4 is 0 Å². The van der Waals surface area contributed by atoms with Gasteiger partial charge in [-0.2, -0.15) is 0 Å². The molecule has 0 aliphatic carbocycles. The fourth-order valence-electron chi connectivity index (χ4n) is 2.86. The standard InChI is InChI=1S/C21H17N3O2/c25-21(20-12-18-5-1-2-6-19(18)26-20)24(14-16-7-10-22-11-8-16)15-17-4-3-9-23-13-17/h1-13H,14-15H2. The lowest BCUT2D eigenvalue weighted by Crippen LogP contribution is -2.29. The van der Waals surface area contributed by atoms with E-state index in [4.69, 9.17) is 4.42 Å². The van der Waals surface area contributed by atoms with E-state index in [2.05, 4.69) is 9.97 Å². The van der Waals surface area contributed by atoms with Crippen molar-refractivity contribution in [3.8, 4) is 0 Å². The van der Waals surface area contributed by atoms with Crippen LogP contribution in [-0.2, 0) is 13.1 Å². The third kappa shape index (κ3) is 3.47. The van der Waals surface area contributed by atoms with E-state index in [1.165, 1.54) is 0 Å². The Balaban J connectivity index is 1.65. The van der Waals surface area contributed by atoms with E-state index >= 15 is 0 Å². The molecule has 1 amide bonds. The molecule has 0 fully saturated rings. The Bertz CT molecular complexity index is 939. The molecule has 0 radical (unpaired) electrons. The molecular weight excluding hydrogens is 326 g/mol. The number of fused-ring (bicyclic) bond motifs is 1. The Morgan fingerprint density at radius 2 is 1.69 bits per heavy atom. The van der Waals surface area contributed by atoms with Gasteiger partial charge in [-0.25, -0.2) is 0 Å². The molecule has 1 aromatic carbocycles. The Morgan fingerprint density at radius 1 is 0.885 bits per heavy atom. The summed E-state index contributed by atoms with van der Waals surface area (Å²) in [5, 5.41) is 0.918. The molecule has 0 aliphatic heterocycles. The molecule has 5 nitrogen and oxygen atoms in total. The van der Waals surface area contributed by atoms with Gasteiger partial charge in [0.15, 0.2) is 5.76 Å². The fourth-order valence-corrected chi connectivity index (χ4v) is 2.86. The number of hydrogen-bond acceptors (Lipinski definition) is 4. The van der Waals surface area contributed by atoms with Crippen LogP contribution >= 0.6 is 0 Å². The van der Waals surface area contributed by atoms with Crippen molar-refractivity contribution >= 4 is 16.9 Å². The highest BCUT2D eigenvalue weighted by molar-refractivity contribution is 5.96. The van der Waals surface area contributed by atoms with Gasteiger partial charge in [-0.1, -0.05) is 24.3 Å². The number of furan rings is 1. The van der Waals surface area contributed by atoms with Crippen molar-refractivity contribution in [1.29, 1.82) is 0 Å². The highest BCUT2D eigenvalue weighted by atomic mass is 16.3. The van der Waals surface area contributed by atoms with Crippen LogP contribution in [0.4, 0.5) is 0 Å². The molecule has 3 heterocycles. The maximum Gasteiger partial charge on any atom is 0.290 e. The number of rotatable bonds is 5. The Morgan fingerprint density at radius 3 is 2.46 bits per heavy atom.